The SMILES string of the molecule is COC(=O)c1sc2ncnc(NCC(O)c3cccc(=O)[nH]3)c2c1C. The van der Waals surface area contributed by atoms with Crippen molar-refractivity contribution in [3.05, 3.63) is 51.0 Å². The second-order valence-electron chi connectivity index (χ2n) is 5.32. The summed E-state index contributed by atoms with van der Waals surface area (Å²) in [5.41, 5.74) is 0.845. The minimum atomic E-state index is -0.919. The van der Waals surface area contributed by atoms with Crippen molar-refractivity contribution in [2.24, 2.45) is 0 Å². The molecule has 0 aliphatic rings. The Bertz CT molecular complexity index is 982. The van der Waals surface area contributed by atoms with Crippen LogP contribution in [0.5, 0.6) is 0 Å². The third-order valence-corrected chi connectivity index (χ3v) is 4.89. The fourth-order valence-electron chi connectivity index (χ4n) is 2.46. The Hall–Kier alpha value is -2.78. The molecule has 0 aliphatic heterocycles. The molecule has 3 aromatic heterocycles. The average molecular weight is 360 g/mol. The Labute approximate surface area is 146 Å². The molecule has 0 aromatic carbocycles. The molecular weight excluding hydrogens is 344 g/mol. The molecule has 1 atom stereocenters. The molecule has 0 saturated carbocycles. The average Bonchev–Trinajstić information content (AvgIpc) is 2.96. The van der Waals surface area contributed by atoms with Gasteiger partial charge < -0.3 is 20.1 Å². The van der Waals surface area contributed by atoms with Gasteiger partial charge in [-0.25, -0.2) is 14.8 Å². The van der Waals surface area contributed by atoms with Crippen LogP contribution in [0.4, 0.5) is 5.82 Å². The summed E-state index contributed by atoms with van der Waals surface area (Å²) < 4.78 is 4.78. The molecule has 0 saturated heterocycles. The first-order valence-electron chi connectivity index (χ1n) is 7.45. The molecule has 25 heavy (non-hydrogen) atoms. The number of fused-ring (bicyclic) bond motifs is 1. The van der Waals surface area contributed by atoms with Crippen molar-refractivity contribution in [1.82, 2.24) is 15.0 Å². The third-order valence-electron chi connectivity index (χ3n) is 3.71. The number of aromatic amines is 1. The zero-order valence-electron chi connectivity index (χ0n) is 13.6. The molecule has 9 heteroatoms. The van der Waals surface area contributed by atoms with E-state index in [4.69, 9.17) is 4.74 Å². The van der Waals surface area contributed by atoms with Crippen LogP contribution in [0, 0.1) is 6.92 Å². The van der Waals surface area contributed by atoms with Crippen molar-refractivity contribution < 1.29 is 14.6 Å². The highest BCUT2D eigenvalue weighted by molar-refractivity contribution is 7.20. The number of pyridine rings is 1. The molecule has 8 nitrogen and oxygen atoms in total. The lowest BCUT2D eigenvalue weighted by Crippen LogP contribution is -2.17. The van der Waals surface area contributed by atoms with Gasteiger partial charge in [0.15, 0.2) is 0 Å². The number of hydrogen-bond donors (Lipinski definition) is 3. The molecule has 0 fully saturated rings. The van der Waals surface area contributed by atoms with Crippen LogP contribution >= 0.6 is 11.3 Å². The summed E-state index contributed by atoms with van der Waals surface area (Å²) in [4.78, 5) is 35.3. The van der Waals surface area contributed by atoms with Crippen LogP contribution in [0.25, 0.3) is 10.2 Å². The maximum absolute atomic E-state index is 11.8. The maximum Gasteiger partial charge on any atom is 0.348 e. The fraction of sp³-hybridized carbons (Fsp3) is 0.250. The minimum absolute atomic E-state index is 0.134. The molecule has 0 spiro atoms. The molecule has 130 valence electrons. The van der Waals surface area contributed by atoms with E-state index in [0.717, 1.165) is 5.56 Å². The molecule has 3 aromatic rings. The largest absolute Gasteiger partial charge is 0.465 e. The number of H-pyrrole nitrogens is 1. The first kappa shape index (κ1) is 17.1. The van der Waals surface area contributed by atoms with Crippen LogP contribution in [0.3, 0.4) is 0 Å². The van der Waals surface area contributed by atoms with E-state index in [-0.39, 0.29) is 12.1 Å². The number of aryl methyl sites for hydroxylation is 1. The quantitative estimate of drug-likeness (QED) is 0.592. The number of hydrogen-bond acceptors (Lipinski definition) is 8. The third kappa shape index (κ3) is 3.37. The number of ether oxygens (including phenoxy) is 1. The van der Waals surface area contributed by atoms with E-state index in [0.29, 0.717) is 26.6 Å². The first-order chi connectivity index (χ1) is 12.0. The lowest BCUT2D eigenvalue weighted by molar-refractivity contribution is 0.0605. The molecule has 1 unspecified atom stereocenters. The second-order valence-corrected chi connectivity index (χ2v) is 6.32. The molecule has 3 rings (SSSR count). The predicted octanol–water partition coefficient (Wildman–Crippen LogP) is 1.62. The summed E-state index contributed by atoms with van der Waals surface area (Å²) >= 11 is 1.23. The lowest BCUT2D eigenvalue weighted by atomic mass is 10.2. The highest BCUT2D eigenvalue weighted by Gasteiger charge is 2.20. The number of esters is 1. The number of anilines is 1. The van der Waals surface area contributed by atoms with E-state index in [1.807, 2.05) is 0 Å². The van der Waals surface area contributed by atoms with Gasteiger partial charge >= 0.3 is 5.97 Å². The Balaban J connectivity index is 1.87. The molecule has 0 radical (unpaired) electrons. The zero-order chi connectivity index (χ0) is 18.0. The summed E-state index contributed by atoms with van der Waals surface area (Å²) in [5.74, 6) is 0.0829. The molecule has 3 heterocycles. The van der Waals surface area contributed by atoms with Gasteiger partial charge in [-0.2, -0.15) is 0 Å². The summed E-state index contributed by atoms with van der Waals surface area (Å²) in [6, 6.07) is 4.58. The van der Waals surface area contributed by atoms with Gasteiger partial charge in [0.2, 0.25) is 5.56 Å². The smallest absolute Gasteiger partial charge is 0.348 e. The van der Waals surface area contributed by atoms with Crippen LogP contribution in [-0.2, 0) is 4.74 Å². The number of aromatic nitrogens is 3. The Morgan fingerprint density at radius 3 is 2.96 bits per heavy atom. The molecule has 0 aliphatic carbocycles. The number of rotatable bonds is 5. The van der Waals surface area contributed by atoms with Gasteiger partial charge in [0.1, 0.15) is 28.0 Å². The lowest BCUT2D eigenvalue weighted by Gasteiger charge is -2.13. The maximum atomic E-state index is 11.8. The number of carbonyl (C=O) groups excluding carboxylic acids is 1. The van der Waals surface area contributed by atoms with Gasteiger partial charge in [-0.05, 0) is 18.6 Å². The molecule has 3 N–H and O–H groups in total. The van der Waals surface area contributed by atoms with Crippen molar-refractivity contribution >= 4 is 33.3 Å². The van der Waals surface area contributed by atoms with E-state index in [2.05, 4.69) is 20.3 Å². The Morgan fingerprint density at radius 1 is 1.44 bits per heavy atom. The van der Waals surface area contributed by atoms with Crippen LogP contribution in [0.2, 0.25) is 0 Å². The van der Waals surface area contributed by atoms with E-state index >= 15 is 0 Å². The van der Waals surface area contributed by atoms with Crippen LogP contribution in [-0.4, -0.2) is 39.7 Å². The van der Waals surface area contributed by atoms with Crippen molar-refractivity contribution in [2.75, 3.05) is 19.0 Å². The van der Waals surface area contributed by atoms with Gasteiger partial charge in [-0.1, -0.05) is 6.07 Å². The number of aliphatic hydroxyl groups is 1. The van der Waals surface area contributed by atoms with E-state index in [9.17, 15) is 14.7 Å². The van der Waals surface area contributed by atoms with Crippen molar-refractivity contribution in [3.8, 4) is 0 Å². The Kier molecular flexibility index (Phi) is 4.77. The van der Waals surface area contributed by atoms with Crippen molar-refractivity contribution in [2.45, 2.75) is 13.0 Å². The number of methoxy groups -OCH3 is 1. The fourth-order valence-corrected chi connectivity index (χ4v) is 3.52. The van der Waals surface area contributed by atoms with Crippen LogP contribution in [0.1, 0.15) is 27.0 Å². The monoisotopic (exact) mass is 360 g/mol. The predicted molar refractivity (Wildman–Crippen MR) is 94.0 cm³/mol. The zero-order valence-corrected chi connectivity index (χ0v) is 14.4. The topological polar surface area (TPSA) is 117 Å². The number of carbonyl (C=O) groups is 1. The van der Waals surface area contributed by atoms with Crippen molar-refractivity contribution in [1.29, 1.82) is 0 Å². The highest BCUT2D eigenvalue weighted by Crippen LogP contribution is 2.33. The van der Waals surface area contributed by atoms with Gasteiger partial charge in [0, 0.05) is 18.3 Å². The Morgan fingerprint density at radius 2 is 2.24 bits per heavy atom. The normalized spacial score (nSPS) is 12.1. The molecule has 0 amide bonds. The van der Waals surface area contributed by atoms with Gasteiger partial charge in [0.05, 0.1) is 12.5 Å². The standard InChI is InChI=1S/C16H16N4O4S/c1-8-12-14(17-6-10(21)9-4-3-5-11(22)20-9)18-7-19-15(12)25-13(8)16(23)24-2/h3-5,7,10,21H,6H2,1-2H3,(H,20,22)(H,17,18,19). The molecular formula is C16H16N4O4S. The summed E-state index contributed by atoms with van der Waals surface area (Å²) in [7, 11) is 1.33. The van der Waals surface area contributed by atoms with E-state index in [1.54, 1.807) is 19.1 Å². The summed E-state index contributed by atoms with van der Waals surface area (Å²) in [6.45, 7) is 1.93. The van der Waals surface area contributed by atoms with Crippen molar-refractivity contribution in [3.63, 3.8) is 0 Å². The minimum Gasteiger partial charge on any atom is -0.465 e. The van der Waals surface area contributed by atoms with E-state index in [1.165, 1.54) is 30.8 Å². The number of aliphatic hydroxyl groups excluding tert-OH is 1. The number of nitrogens with zero attached hydrogens (tertiary/aromatic N) is 2. The van der Waals surface area contributed by atoms with Crippen LogP contribution in [0.15, 0.2) is 29.3 Å². The van der Waals surface area contributed by atoms with Gasteiger partial charge in [-0.15, -0.1) is 11.3 Å². The highest BCUT2D eigenvalue weighted by atomic mass is 32.1. The first-order valence-corrected chi connectivity index (χ1v) is 8.26. The number of nitrogens with one attached hydrogen (secondary N) is 2. The van der Waals surface area contributed by atoms with Gasteiger partial charge in [-0.3, -0.25) is 4.79 Å². The molecule has 0 bridgehead atoms. The number of thiophene rings is 1. The van der Waals surface area contributed by atoms with Crippen LogP contribution < -0.4 is 10.9 Å². The van der Waals surface area contributed by atoms with E-state index < -0.39 is 12.1 Å². The summed E-state index contributed by atoms with van der Waals surface area (Å²) in [6.07, 6.45) is 0.469. The van der Waals surface area contributed by atoms with Gasteiger partial charge in [0.25, 0.3) is 0 Å². The summed E-state index contributed by atoms with van der Waals surface area (Å²) in [5, 5.41) is 14.0. The second kappa shape index (κ2) is 6.99.